The van der Waals surface area contributed by atoms with Crippen LogP contribution >= 0.6 is 11.3 Å². The molecule has 1 heterocycles. The molecule has 0 fully saturated rings. The SMILES string of the molecule is N#Cc1csc(CNc2cccc(OCCF)c2)c1. The summed E-state index contributed by atoms with van der Waals surface area (Å²) in [4.78, 5) is 1.09. The number of alkyl halides is 1. The van der Waals surface area contributed by atoms with Crippen molar-refractivity contribution in [3.05, 3.63) is 46.2 Å². The Morgan fingerprint density at radius 3 is 3.00 bits per heavy atom. The van der Waals surface area contributed by atoms with Gasteiger partial charge in [0, 0.05) is 28.6 Å². The summed E-state index contributed by atoms with van der Waals surface area (Å²) in [6, 6.07) is 11.4. The lowest BCUT2D eigenvalue weighted by Crippen LogP contribution is -2.00. The number of rotatable bonds is 6. The smallest absolute Gasteiger partial charge is 0.123 e. The van der Waals surface area contributed by atoms with Crippen LogP contribution in [0.15, 0.2) is 35.7 Å². The molecule has 98 valence electrons. The fourth-order valence-corrected chi connectivity index (χ4v) is 2.32. The molecule has 0 radical (unpaired) electrons. The summed E-state index contributed by atoms with van der Waals surface area (Å²) in [7, 11) is 0. The van der Waals surface area contributed by atoms with Gasteiger partial charge in [0.25, 0.3) is 0 Å². The van der Waals surface area contributed by atoms with Crippen molar-refractivity contribution in [3.8, 4) is 11.8 Å². The molecule has 0 bridgehead atoms. The third-order valence-electron chi connectivity index (χ3n) is 2.43. The molecule has 2 aromatic rings. The predicted molar refractivity (Wildman–Crippen MR) is 74.3 cm³/mol. The normalized spacial score (nSPS) is 9.89. The van der Waals surface area contributed by atoms with Crippen molar-refractivity contribution in [2.75, 3.05) is 18.6 Å². The highest BCUT2D eigenvalue weighted by atomic mass is 32.1. The van der Waals surface area contributed by atoms with Crippen molar-refractivity contribution in [3.63, 3.8) is 0 Å². The Balaban J connectivity index is 1.93. The molecule has 5 heteroatoms. The zero-order valence-electron chi connectivity index (χ0n) is 10.2. The van der Waals surface area contributed by atoms with E-state index in [2.05, 4.69) is 11.4 Å². The first-order chi connectivity index (χ1) is 9.31. The second kappa shape index (κ2) is 6.76. The number of anilines is 1. The molecule has 0 saturated carbocycles. The quantitative estimate of drug-likeness (QED) is 0.877. The van der Waals surface area contributed by atoms with Crippen molar-refractivity contribution < 1.29 is 9.13 Å². The van der Waals surface area contributed by atoms with E-state index < -0.39 is 6.67 Å². The minimum absolute atomic E-state index is 0.0694. The van der Waals surface area contributed by atoms with Gasteiger partial charge in [0.2, 0.25) is 0 Å². The second-order valence-corrected chi connectivity index (χ2v) is 4.83. The van der Waals surface area contributed by atoms with E-state index in [0.29, 0.717) is 17.9 Å². The highest BCUT2D eigenvalue weighted by Crippen LogP contribution is 2.20. The average molecular weight is 276 g/mol. The van der Waals surface area contributed by atoms with E-state index in [4.69, 9.17) is 10.00 Å². The molecule has 0 spiro atoms. The standard InChI is InChI=1S/C14H13FN2OS/c15-4-5-18-13-3-1-2-12(7-13)17-9-14-6-11(8-16)10-19-14/h1-3,6-7,10,17H,4-5,9H2. The number of thiophene rings is 1. The first-order valence-electron chi connectivity index (χ1n) is 5.82. The van der Waals surface area contributed by atoms with Gasteiger partial charge in [0.05, 0.1) is 5.56 Å². The van der Waals surface area contributed by atoms with Gasteiger partial charge in [0.1, 0.15) is 25.1 Å². The van der Waals surface area contributed by atoms with Crippen LogP contribution in [-0.2, 0) is 6.54 Å². The highest BCUT2D eigenvalue weighted by molar-refractivity contribution is 7.10. The van der Waals surface area contributed by atoms with Crippen molar-refractivity contribution in [2.45, 2.75) is 6.54 Å². The summed E-state index contributed by atoms with van der Waals surface area (Å²) in [6.07, 6.45) is 0. The van der Waals surface area contributed by atoms with Crippen LogP contribution in [0.3, 0.4) is 0 Å². The van der Waals surface area contributed by atoms with Crippen LogP contribution in [0.2, 0.25) is 0 Å². The van der Waals surface area contributed by atoms with Gasteiger partial charge in [-0.05, 0) is 18.2 Å². The maximum Gasteiger partial charge on any atom is 0.123 e. The van der Waals surface area contributed by atoms with E-state index in [-0.39, 0.29) is 6.61 Å². The fourth-order valence-electron chi connectivity index (χ4n) is 1.57. The molecule has 0 aliphatic heterocycles. The number of nitriles is 1. The maximum absolute atomic E-state index is 12.0. The Labute approximate surface area is 115 Å². The molecule has 1 aromatic heterocycles. The summed E-state index contributed by atoms with van der Waals surface area (Å²) >= 11 is 1.55. The van der Waals surface area contributed by atoms with E-state index in [1.165, 1.54) is 0 Å². The molecule has 2 rings (SSSR count). The van der Waals surface area contributed by atoms with Gasteiger partial charge in [-0.15, -0.1) is 11.3 Å². The average Bonchev–Trinajstić information content (AvgIpc) is 2.91. The number of halogens is 1. The third-order valence-corrected chi connectivity index (χ3v) is 3.37. The van der Waals surface area contributed by atoms with Crippen LogP contribution in [0.1, 0.15) is 10.4 Å². The predicted octanol–water partition coefficient (Wildman–Crippen LogP) is 3.58. The van der Waals surface area contributed by atoms with E-state index in [9.17, 15) is 4.39 Å². The summed E-state index contributed by atoms with van der Waals surface area (Å²) in [5.74, 6) is 0.645. The molecule has 1 N–H and O–H groups in total. The number of hydrogen-bond donors (Lipinski definition) is 1. The summed E-state index contributed by atoms with van der Waals surface area (Å²) in [6.45, 7) is 0.225. The molecule has 0 amide bonds. The van der Waals surface area contributed by atoms with Crippen LogP contribution < -0.4 is 10.1 Å². The van der Waals surface area contributed by atoms with E-state index >= 15 is 0 Å². The Kier molecular flexibility index (Phi) is 4.76. The van der Waals surface area contributed by atoms with E-state index in [0.717, 1.165) is 10.6 Å². The van der Waals surface area contributed by atoms with Gasteiger partial charge >= 0.3 is 0 Å². The van der Waals surface area contributed by atoms with Gasteiger partial charge < -0.3 is 10.1 Å². The molecule has 0 unspecified atom stereocenters. The number of nitrogens with zero attached hydrogens (tertiary/aromatic N) is 1. The van der Waals surface area contributed by atoms with Crippen LogP contribution in [0.4, 0.5) is 10.1 Å². The number of nitrogens with one attached hydrogen (secondary N) is 1. The Morgan fingerprint density at radius 2 is 2.26 bits per heavy atom. The van der Waals surface area contributed by atoms with Crippen LogP contribution in [0.25, 0.3) is 0 Å². The Bertz CT molecular complexity index is 577. The molecule has 0 saturated heterocycles. The van der Waals surface area contributed by atoms with Gasteiger partial charge in [-0.25, -0.2) is 4.39 Å². The summed E-state index contributed by atoms with van der Waals surface area (Å²) < 4.78 is 17.2. The van der Waals surface area contributed by atoms with Gasteiger partial charge in [-0.1, -0.05) is 6.07 Å². The lowest BCUT2D eigenvalue weighted by molar-refractivity contribution is 0.273. The van der Waals surface area contributed by atoms with Crippen LogP contribution in [0.5, 0.6) is 5.75 Å². The monoisotopic (exact) mass is 276 g/mol. The first-order valence-corrected chi connectivity index (χ1v) is 6.70. The molecule has 3 nitrogen and oxygen atoms in total. The minimum atomic E-state index is -0.496. The van der Waals surface area contributed by atoms with Crippen LogP contribution in [0, 0.1) is 11.3 Å². The number of benzene rings is 1. The molecule has 0 atom stereocenters. The van der Waals surface area contributed by atoms with Crippen molar-refractivity contribution in [2.24, 2.45) is 0 Å². The molecule has 1 aromatic carbocycles. The molecule has 0 aliphatic rings. The first kappa shape index (κ1) is 13.4. The zero-order valence-corrected chi connectivity index (χ0v) is 11.0. The van der Waals surface area contributed by atoms with Crippen molar-refractivity contribution in [1.82, 2.24) is 0 Å². The largest absolute Gasteiger partial charge is 0.491 e. The minimum Gasteiger partial charge on any atom is -0.491 e. The van der Waals surface area contributed by atoms with Gasteiger partial charge in [-0.3, -0.25) is 0 Å². The molecule has 0 aliphatic carbocycles. The van der Waals surface area contributed by atoms with Crippen molar-refractivity contribution >= 4 is 17.0 Å². The topological polar surface area (TPSA) is 45.0 Å². The second-order valence-electron chi connectivity index (χ2n) is 3.83. The lowest BCUT2D eigenvalue weighted by Gasteiger charge is -2.08. The Hall–Kier alpha value is -2.06. The van der Waals surface area contributed by atoms with Gasteiger partial charge in [0.15, 0.2) is 0 Å². The zero-order chi connectivity index (χ0) is 13.5. The highest BCUT2D eigenvalue weighted by Gasteiger charge is 2.00. The molecular formula is C14H13FN2OS. The fraction of sp³-hybridized carbons (Fsp3) is 0.214. The summed E-state index contributed by atoms with van der Waals surface area (Å²) in [5.41, 5.74) is 1.59. The van der Waals surface area contributed by atoms with Crippen LogP contribution in [-0.4, -0.2) is 13.3 Å². The number of hydrogen-bond acceptors (Lipinski definition) is 4. The number of ether oxygens (including phenoxy) is 1. The Morgan fingerprint density at radius 1 is 1.37 bits per heavy atom. The molecular weight excluding hydrogens is 263 g/mol. The van der Waals surface area contributed by atoms with Gasteiger partial charge in [-0.2, -0.15) is 5.26 Å². The van der Waals surface area contributed by atoms with E-state index in [1.807, 2.05) is 29.6 Å². The molecule has 19 heavy (non-hydrogen) atoms. The lowest BCUT2D eigenvalue weighted by atomic mass is 10.3. The third kappa shape index (κ3) is 3.97. The maximum atomic E-state index is 12.0. The van der Waals surface area contributed by atoms with E-state index in [1.54, 1.807) is 17.4 Å². The summed E-state index contributed by atoms with van der Waals surface area (Å²) in [5, 5.41) is 13.8. The van der Waals surface area contributed by atoms with Crippen molar-refractivity contribution in [1.29, 1.82) is 5.26 Å².